The highest BCUT2D eigenvalue weighted by atomic mass is 79.9. The predicted molar refractivity (Wildman–Crippen MR) is 77.2 cm³/mol. The summed E-state index contributed by atoms with van der Waals surface area (Å²) in [7, 11) is 0. The van der Waals surface area contributed by atoms with Crippen LogP contribution >= 0.6 is 38.9 Å². The van der Waals surface area contributed by atoms with Gasteiger partial charge in [-0.1, -0.05) is 18.5 Å². The molecule has 0 N–H and O–H groups in total. The molecule has 1 nitrogen and oxygen atoms in total. The number of rotatable bonds is 4. The van der Waals surface area contributed by atoms with Crippen molar-refractivity contribution in [2.45, 2.75) is 20.0 Å². The van der Waals surface area contributed by atoms with Gasteiger partial charge in [0.05, 0.1) is 0 Å². The third-order valence-electron chi connectivity index (χ3n) is 2.40. The fourth-order valence-corrected chi connectivity index (χ4v) is 3.11. The van der Waals surface area contributed by atoms with Crippen LogP contribution in [0.3, 0.4) is 0 Å². The van der Waals surface area contributed by atoms with Crippen LogP contribution < -0.4 is 4.74 Å². The monoisotopic (exact) mass is 330 g/mol. The van der Waals surface area contributed by atoms with E-state index in [1.165, 1.54) is 4.88 Å². The third-order valence-corrected chi connectivity index (χ3v) is 4.44. The van der Waals surface area contributed by atoms with Gasteiger partial charge in [0.15, 0.2) is 0 Å². The maximum Gasteiger partial charge on any atom is 0.122 e. The molecule has 17 heavy (non-hydrogen) atoms. The molecule has 0 saturated carbocycles. The Hall–Kier alpha value is -0.510. The molecule has 1 aromatic carbocycles. The van der Waals surface area contributed by atoms with Crippen molar-refractivity contribution < 1.29 is 4.74 Å². The van der Waals surface area contributed by atoms with Gasteiger partial charge in [0.2, 0.25) is 0 Å². The molecule has 4 heteroatoms. The number of hydrogen-bond donors (Lipinski definition) is 0. The summed E-state index contributed by atoms with van der Waals surface area (Å²) in [5, 5.41) is 2.86. The van der Waals surface area contributed by atoms with Crippen LogP contribution in [0.25, 0.3) is 0 Å². The molecule has 0 aliphatic heterocycles. The van der Waals surface area contributed by atoms with E-state index in [1.807, 2.05) is 18.2 Å². The van der Waals surface area contributed by atoms with E-state index in [9.17, 15) is 0 Å². The lowest BCUT2D eigenvalue weighted by Crippen LogP contribution is -1.94. The SMILES string of the molecule is CCc1cc(OCc2cc(Br)cs2)ccc1Cl. The first-order chi connectivity index (χ1) is 8.19. The minimum Gasteiger partial charge on any atom is -0.488 e. The maximum absolute atomic E-state index is 6.06. The quantitative estimate of drug-likeness (QED) is 0.738. The van der Waals surface area contributed by atoms with E-state index in [4.69, 9.17) is 16.3 Å². The summed E-state index contributed by atoms with van der Waals surface area (Å²) in [4.78, 5) is 1.20. The highest BCUT2D eigenvalue weighted by Gasteiger charge is 2.03. The van der Waals surface area contributed by atoms with Crippen molar-refractivity contribution in [2.24, 2.45) is 0 Å². The Balaban J connectivity index is 2.04. The Bertz CT molecular complexity index is 510. The number of aryl methyl sites for hydroxylation is 1. The van der Waals surface area contributed by atoms with Gasteiger partial charge in [0.1, 0.15) is 12.4 Å². The summed E-state index contributed by atoms with van der Waals surface area (Å²) in [5.41, 5.74) is 1.12. The molecule has 2 aromatic rings. The molecule has 0 bridgehead atoms. The Kier molecular flexibility index (Phi) is 4.48. The van der Waals surface area contributed by atoms with E-state index in [1.54, 1.807) is 11.3 Å². The molecule has 2 rings (SSSR count). The van der Waals surface area contributed by atoms with Crippen LogP contribution in [0.5, 0.6) is 5.75 Å². The van der Waals surface area contributed by atoms with Gasteiger partial charge in [0.25, 0.3) is 0 Å². The molecule has 90 valence electrons. The van der Waals surface area contributed by atoms with Crippen LogP contribution in [0.1, 0.15) is 17.4 Å². The molecular weight excluding hydrogens is 320 g/mol. The summed E-state index contributed by atoms with van der Waals surface area (Å²) in [5.74, 6) is 0.871. The lowest BCUT2D eigenvalue weighted by molar-refractivity contribution is 0.309. The van der Waals surface area contributed by atoms with Crippen LogP contribution in [-0.2, 0) is 13.0 Å². The summed E-state index contributed by atoms with van der Waals surface area (Å²) < 4.78 is 6.84. The molecule has 0 atom stereocenters. The van der Waals surface area contributed by atoms with E-state index < -0.39 is 0 Å². The number of ether oxygens (including phenoxy) is 1. The van der Waals surface area contributed by atoms with E-state index in [0.29, 0.717) is 6.61 Å². The van der Waals surface area contributed by atoms with Crippen LogP contribution in [0.15, 0.2) is 34.1 Å². The van der Waals surface area contributed by atoms with Crippen molar-refractivity contribution in [3.8, 4) is 5.75 Å². The first kappa shape index (κ1) is 12.9. The molecule has 0 aliphatic rings. The van der Waals surface area contributed by atoms with Gasteiger partial charge in [-0.05, 0) is 52.2 Å². The van der Waals surface area contributed by atoms with Gasteiger partial charge in [-0.25, -0.2) is 0 Å². The minimum absolute atomic E-state index is 0.598. The Morgan fingerprint density at radius 3 is 2.82 bits per heavy atom. The van der Waals surface area contributed by atoms with E-state index in [0.717, 1.165) is 27.2 Å². The van der Waals surface area contributed by atoms with Gasteiger partial charge in [-0.3, -0.25) is 0 Å². The fourth-order valence-electron chi connectivity index (χ4n) is 1.50. The second-order valence-corrected chi connectivity index (χ2v) is 5.95. The third kappa shape index (κ3) is 3.47. The van der Waals surface area contributed by atoms with Crippen LogP contribution in [0.4, 0.5) is 0 Å². The highest BCUT2D eigenvalue weighted by molar-refractivity contribution is 9.10. The largest absolute Gasteiger partial charge is 0.488 e. The van der Waals surface area contributed by atoms with Crippen molar-refractivity contribution in [2.75, 3.05) is 0 Å². The van der Waals surface area contributed by atoms with Crippen molar-refractivity contribution in [1.29, 1.82) is 0 Å². The second kappa shape index (κ2) is 5.89. The topological polar surface area (TPSA) is 9.23 Å². The Labute approximate surface area is 119 Å². The van der Waals surface area contributed by atoms with Gasteiger partial charge < -0.3 is 4.74 Å². The maximum atomic E-state index is 6.06. The number of thiophene rings is 1. The lowest BCUT2D eigenvalue weighted by atomic mass is 10.1. The minimum atomic E-state index is 0.598. The smallest absolute Gasteiger partial charge is 0.122 e. The molecule has 1 aromatic heterocycles. The summed E-state index contributed by atoms with van der Waals surface area (Å²) in [6.07, 6.45) is 0.917. The van der Waals surface area contributed by atoms with Crippen molar-refractivity contribution in [3.05, 3.63) is 49.6 Å². The number of halogens is 2. The zero-order valence-corrected chi connectivity index (χ0v) is 12.5. The van der Waals surface area contributed by atoms with Crippen molar-refractivity contribution in [3.63, 3.8) is 0 Å². The zero-order chi connectivity index (χ0) is 12.3. The molecule has 0 amide bonds. The Morgan fingerprint density at radius 2 is 2.18 bits per heavy atom. The zero-order valence-electron chi connectivity index (χ0n) is 9.37. The molecule has 0 unspecified atom stereocenters. The van der Waals surface area contributed by atoms with E-state index in [2.05, 4.69) is 34.3 Å². The van der Waals surface area contributed by atoms with Crippen LogP contribution in [0.2, 0.25) is 5.02 Å². The average Bonchev–Trinajstić information content (AvgIpc) is 2.74. The predicted octanol–water partition coefficient (Wildman–Crippen LogP) is 5.31. The second-order valence-electron chi connectivity index (χ2n) is 3.63. The van der Waals surface area contributed by atoms with Gasteiger partial charge >= 0.3 is 0 Å². The molecule has 0 radical (unpaired) electrons. The average molecular weight is 332 g/mol. The molecule has 0 fully saturated rings. The van der Waals surface area contributed by atoms with Gasteiger partial charge in [-0.15, -0.1) is 11.3 Å². The fraction of sp³-hybridized carbons (Fsp3) is 0.231. The molecular formula is C13H12BrClOS. The van der Waals surface area contributed by atoms with Crippen molar-refractivity contribution >= 4 is 38.9 Å². The molecule has 1 heterocycles. The number of benzene rings is 1. The molecule has 0 saturated heterocycles. The number of hydrogen-bond acceptors (Lipinski definition) is 2. The molecule has 0 spiro atoms. The summed E-state index contributed by atoms with van der Waals surface area (Å²) in [6.45, 7) is 2.68. The first-order valence-electron chi connectivity index (χ1n) is 5.33. The van der Waals surface area contributed by atoms with Gasteiger partial charge in [-0.2, -0.15) is 0 Å². The van der Waals surface area contributed by atoms with E-state index in [-0.39, 0.29) is 0 Å². The van der Waals surface area contributed by atoms with Crippen LogP contribution in [0, 0.1) is 0 Å². The van der Waals surface area contributed by atoms with Gasteiger partial charge in [0, 0.05) is 19.8 Å². The molecule has 0 aliphatic carbocycles. The standard InChI is InChI=1S/C13H12BrClOS/c1-2-9-5-11(3-4-13(9)15)16-7-12-6-10(14)8-17-12/h3-6,8H,2,7H2,1H3. The van der Waals surface area contributed by atoms with Crippen molar-refractivity contribution in [1.82, 2.24) is 0 Å². The van der Waals surface area contributed by atoms with Crippen LogP contribution in [-0.4, -0.2) is 0 Å². The first-order valence-corrected chi connectivity index (χ1v) is 7.38. The summed E-state index contributed by atoms with van der Waals surface area (Å²) in [6, 6.07) is 7.87. The summed E-state index contributed by atoms with van der Waals surface area (Å²) >= 11 is 11.2. The van der Waals surface area contributed by atoms with E-state index >= 15 is 0 Å². The lowest BCUT2D eigenvalue weighted by Gasteiger charge is -2.07. The Morgan fingerprint density at radius 1 is 1.35 bits per heavy atom. The highest BCUT2D eigenvalue weighted by Crippen LogP contribution is 2.25. The normalized spacial score (nSPS) is 10.5.